The van der Waals surface area contributed by atoms with Crippen molar-refractivity contribution < 1.29 is 14.3 Å². The van der Waals surface area contributed by atoms with E-state index in [0.29, 0.717) is 25.2 Å². The third-order valence-electron chi connectivity index (χ3n) is 2.65. The first-order chi connectivity index (χ1) is 7.19. The number of ether oxygens (including phenoxy) is 2. The smallest absolute Gasteiger partial charge is 0.199 e. The van der Waals surface area contributed by atoms with E-state index in [1.807, 2.05) is 10.8 Å². The van der Waals surface area contributed by atoms with Crippen LogP contribution in [0.4, 0.5) is 0 Å². The van der Waals surface area contributed by atoms with Crippen LogP contribution in [0.25, 0.3) is 0 Å². The molecule has 0 bridgehead atoms. The fraction of sp³-hybridized carbons (Fsp3) is 0.500. The molecule has 2 heterocycles. The summed E-state index contributed by atoms with van der Waals surface area (Å²) in [5, 5.41) is 3.73. The summed E-state index contributed by atoms with van der Waals surface area (Å²) in [4.78, 5) is 12.3. The molecule has 3 nitrogen and oxygen atoms in total. The van der Waals surface area contributed by atoms with E-state index in [9.17, 15) is 4.79 Å². The quantitative estimate of drug-likeness (QED) is 0.803. The number of carbonyl (C=O) groups is 1. The predicted octanol–water partition coefficient (Wildman–Crippen LogP) is 2.50. The third-order valence-corrected chi connectivity index (χ3v) is 4.35. The van der Waals surface area contributed by atoms with Crippen LogP contribution in [-0.2, 0) is 9.47 Å². The van der Waals surface area contributed by atoms with Crippen LogP contribution in [0.1, 0.15) is 16.8 Å². The number of methoxy groups -OCH3 is 1. The highest BCUT2D eigenvalue weighted by Gasteiger charge is 2.43. The molecule has 0 amide bonds. The van der Waals surface area contributed by atoms with E-state index in [2.05, 4.69) is 15.9 Å². The molecule has 1 unspecified atom stereocenters. The summed E-state index contributed by atoms with van der Waals surface area (Å²) in [5.41, 5.74) is -0.0869. The molecule has 1 fully saturated rings. The molecule has 0 N–H and O–H groups in total. The van der Waals surface area contributed by atoms with Gasteiger partial charge in [0.15, 0.2) is 11.4 Å². The van der Waals surface area contributed by atoms with Gasteiger partial charge in [-0.3, -0.25) is 4.79 Å². The molecule has 1 aromatic rings. The largest absolute Gasteiger partial charge is 0.378 e. The van der Waals surface area contributed by atoms with Gasteiger partial charge in [0.05, 0.1) is 13.2 Å². The molecule has 15 heavy (non-hydrogen) atoms. The van der Waals surface area contributed by atoms with Crippen LogP contribution in [0.5, 0.6) is 0 Å². The summed E-state index contributed by atoms with van der Waals surface area (Å²) < 4.78 is 11.4. The van der Waals surface area contributed by atoms with Gasteiger partial charge in [-0.2, -0.15) is 11.3 Å². The zero-order valence-electron chi connectivity index (χ0n) is 8.29. The first-order valence-electron chi connectivity index (χ1n) is 4.59. The van der Waals surface area contributed by atoms with Crippen molar-refractivity contribution in [1.82, 2.24) is 0 Å². The maximum atomic E-state index is 12.3. The van der Waals surface area contributed by atoms with Crippen LogP contribution >= 0.6 is 27.3 Å². The summed E-state index contributed by atoms with van der Waals surface area (Å²) >= 11 is 4.86. The van der Waals surface area contributed by atoms with E-state index >= 15 is 0 Å². The van der Waals surface area contributed by atoms with E-state index in [-0.39, 0.29) is 5.78 Å². The molecular formula is C10H11BrO3S. The molecule has 0 radical (unpaired) electrons. The molecule has 1 aromatic heterocycles. The average molecular weight is 291 g/mol. The maximum Gasteiger partial charge on any atom is 0.199 e. The van der Waals surface area contributed by atoms with Crippen LogP contribution in [0.15, 0.2) is 15.2 Å². The molecule has 1 saturated heterocycles. The Morgan fingerprint density at radius 3 is 2.93 bits per heavy atom. The van der Waals surface area contributed by atoms with Crippen molar-refractivity contribution in [2.45, 2.75) is 12.0 Å². The number of hydrogen-bond acceptors (Lipinski definition) is 4. The monoisotopic (exact) mass is 290 g/mol. The molecule has 1 aliphatic heterocycles. The Balaban J connectivity index is 2.30. The van der Waals surface area contributed by atoms with Crippen LogP contribution in [0.2, 0.25) is 0 Å². The van der Waals surface area contributed by atoms with E-state index in [1.165, 1.54) is 11.3 Å². The second-order valence-corrected chi connectivity index (χ2v) is 5.06. The van der Waals surface area contributed by atoms with Gasteiger partial charge < -0.3 is 9.47 Å². The van der Waals surface area contributed by atoms with Crippen LogP contribution in [-0.4, -0.2) is 31.7 Å². The predicted molar refractivity (Wildman–Crippen MR) is 61.5 cm³/mol. The number of rotatable bonds is 3. The molecule has 82 valence electrons. The summed E-state index contributed by atoms with van der Waals surface area (Å²) in [6.07, 6.45) is 0.630. The van der Waals surface area contributed by atoms with Crippen LogP contribution in [0, 0.1) is 0 Å². The van der Waals surface area contributed by atoms with Crippen molar-refractivity contribution in [2.75, 3.05) is 20.3 Å². The van der Waals surface area contributed by atoms with Gasteiger partial charge in [-0.05, 0) is 15.9 Å². The molecule has 5 heteroatoms. The van der Waals surface area contributed by atoms with Crippen molar-refractivity contribution in [3.8, 4) is 0 Å². The molecule has 0 spiro atoms. The van der Waals surface area contributed by atoms with Crippen molar-refractivity contribution >= 4 is 33.0 Å². The topological polar surface area (TPSA) is 35.5 Å². The fourth-order valence-electron chi connectivity index (χ4n) is 1.67. The lowest BCUT2D eigenvalue weighted by molar-refractivity contribution is -0.00341. The lowest BCUT2D eigenvalue weighted by Crippen LogP contribution is -2.41. The van der Waals surface area contributed by atoms with Gasteiger partial charge in [0.2, 0.25) is 0 Å². The first kappa shape index (κ1) is 11.3. The third kappa shape index (κ3) is 1.89. The Kier molecular flexibility index (Phi) is 3.25. The molecule has 0 aliphatic carbocycles. The minimum absolute atomic E-state index is 0.00984. The molecule has 1 aliphatic rings. The second-order valence-electron chi connectivity index (χ2n) is 3.46. The maximum absolute atomic E-state index is 12.3. The Hall–Kier alpha value is -0.230. The Morgan fingerprint density at radius 2 is 2.47 bits per heavy atom. The minimum atomic E-state index is -0.774. The number of carbonyl (C=O) groups excluding carboxylic acids is 1. The highest BCUT2D eigenvalue weighted by Crippen LogP contribution is 2.31. The summed E-state index contributed by atoms with van der Waals surface area (Å²) in [7, 11) is 1.56. The zero-order chi connectivity index (χ0) is 10.9. The lowest BCUT2D eigenvalue weighted by atomic mass is 9.93. The minimum Gasteiger partial charge on any atom is -0.378 e. The van der Waals surface area contributed by atoms with Crippen LogP contribution < -0.4 is 0 Å². The van der Waals surface area contributed by atoms with Gasteiger partial charge in [0.1, 0.15) is 0 Å². The Labute approximate surface area is 101 Å². The second kappa shape index (κ2) is 4.33. The van der Waals surface area contributed by atoms with E-state index in [1.54, 1.807) is 7.11 Å². The van der Waals surface area contributed by atoms with E-state index in [4.69, 9.17) is 9.47 Å². The van der Waals surface area contributed by atoms with Crippen molar-refractivity contribution in [3.05, 3.63) is 20.8 Å². The Bertz CT molecular complexity index is 368. The Morgan fingerprint density at radius 1 is 1.67 bits per heavy atom. The lowest BCUT2D eigenvalue weighted by Gasteiger charge is -2.23. The first-order valence-corrected chi connectivity index (χ1v) is 6.32. The van der Waals surface area contributed by atoms with Gasteiger partial charge >= 0.3 is 0 Å². The van der Waals surface area contributed by atoms with Gasteiger partial charge in [-0.25, -0.2) is 0 Å². The number of Topliss-reactive ketones (excluding diaryl/α,β-unsaturated/α-hetero) is 1. The van der Waals surface area contributed by atoms with Gasteiger partial charge in [0, 0.05) is 34.3 Å². The number of thiophene rings is 1. The number of halogens is 1. The van der Waals surface area contributed by atoms with Gasteiger partial charge in [-0.15, -0.1) is 0 Å². The normalized spacial score (nSPS) is 25.7. The van der Waals surface area contributed by atoms with Crippen molar-refractivity contribution in [1.29, 1.82) is 0 Å². The van der Waals surface area contributed by atoms with Crippen LogP contribution in [0.3, 0.4) is 0 Å². The van der Waals surface area contributed by atoms with Crippen molar-refractivity contribution in [3.63, 3.8) is 0 Å². The van der Waals surface area contributed by atoms with Gasteiger partial charge in [0.25, 0.3) is 0 Å². The highest BCUT2D eigenvalue weighted by molar-refractivity contribution is 9.10. The van der Waals surface area contributed by atoms with E-state index < -0.39 is 5.60 Å². The standard InChI is InChI=1S/C10H11BrO3S/c1-13-10(2-3-14-6-10)9(12)7-4-15-5-8(7)11/h4-5H,2-3,6H2,1H3. The number of ketones is 1. The summed E-state index contributed by atoms with van der Waals surface area (Å²) in [5.74, 6) is 0.00984. The van der Waals surface area contributed by atoms with Crippen molar-refractivity contribution in [2.24, 2.45) is 0 Å². The summed E-state index contributed by atoms with van der Waals surface area (Å²) in [6.45, 7) is 0.936. The molecular weight excluding hydrogens is 280 g/mol. The van der Waals surface area contributed by atoms with Gasteiger partial charge in [-0.1, -0.05) is 0 Å². The zero-order valence-corrected chi connectivity index (χ0v) is 10.7. The molecule has 0 saturated carbocycles. The van der Waals surface area contributed by atoms with E-state index in [0.717, 1.165) is 4.47 Å². The molecule has 1 atom stereocenters. The molecule has 0 aromatic carbocycles. The average Bonchev–Trinajstić information content (AvgIpc) is 2.86. The highest BCUT2D eigenvalue weighted by atomic mass is 79.9. The fourth-order valence-corrected chi connectivity index (χ4v) is 3.12. The number of hydrogen-bond donors (Lipinski definition) is 0. The summed E-state index contributed by atoms with van der Waals surface area (Å²) in [6, 6.07) is 0. The molecule has 2 rings (SSSR count). The SMILES string of the molecule is COC1(C(=O)c2cscc2Br)CCOC1.